The van der Waals surface area contributed by atoms with Crippen LogP contribution in [0.3, 0.4) is 0 Å². The summed E-state index contributed by atoms with van der Waals surface area (Å²) in [5, 5.41) is 5.56. The number of hydrogen-bond acceptors (Lipinski definition) is 6. The molecule has 0 spiro atoms. The molecule has 206 valence electrons. The van der Waals surface area contributed by atoms with Crippen molar-refractivity contribution in [2.24, 2.45) is 11.8 Å². The van der Waals surface area contributed by atoms with Crippen molar-refractivity contribution >= 4 is 23.5 Å². The number of carbonyl (C=O) groups is 3. The molecule has 0 saturated carbocycles. The summed E-state index contributed by atoms with van der Waals surface area (Å²) >= 11 is 0. The smallest absolute Gasteiger partial charge is 0.319 e. The number of hydrogen-bond donors (Lipinski definition) is 2. The van der Waals surface area contributed by atoms with Gasteiger partial charge in [-0.15, -0.1) is 0 Å². The molecule has 10 heteroatoms. The summed E-state index contributed by atoms with van der Waals surface area (Å²) in [6, 6.07) is 4.45. The van der Waals surface area contributed by atoms with Gasteiger partial charge in [0.05, 0.1) is 17.7 Å². The Kier molecular flexibility index (Phi) is 10.6. The number of nitrogens with zero attached hydrogens (tertiary/aromatic N) is 2. The van der Waals surface area contributed by atoms with E-state index in [4.69, 9.17) is 14.2 Å². The highest BCUT2D eigenvalue weighted by Crippen LogP contribution is 2.28. The van der Waals surface area contributed by atoms with Crippen molar-refractivity contribution in [1.82, 2.24) is 15.1 Å². The number of rotatable bonds is 5. The third-order valence-corrected chi connectivity index (χ3v) is 7.09. The van der Waals surface area contributed by atoms with E-state index >= 15 is 0 Å². The molecule has 2 aliphatic heterocycles. The summed E-state index contributed by atoms with van der Waals surface area (Å²) < 4.78 is 17.4. The van der Waals surface area contributed by atoms with Crippen molar-refractivity contribution in [3.05, 3.63) is 23.8 Å². The molecule has 0 bridgehead atoms. The average Bonchev–Trinajstić information content (AvgIpc) is 2.91. The van der Waals surface area contributed by atoms with Gasteiger partial charge in [-0.25, -0.2) is 4.79 Å². The summed E-state index contributed by atoms with van der Waals surface area (Å²) in [6.07, 6.45) is 1.99. The van der Waals surface area contributed by atoms with Crippen LogP contribution in [-0.4, -0.2) is 93.4 Å². The quantitative estimate of drug-likeness (QED) is 0.620. The Balaban J connectivity index is 1.90. The second kappa shape index (κ2) is 13.6. The van der Waals surface area contributed by atoms with Gasteiger partial charge < -0.3 is 34.6 Å². The van der Waals surface area contributed by atoms with E-state index in [1.807, 2.05) is 25.7 Å². The molecule has 1 aromatic rings. The van der Waals surface area contributed by atoms with Gasteiger partial charge in [-0.2, -0.15) is 0 Å². The maximum Gasteiger partial charge on any atom is 0.319 e. The maximum atomic E-state index is 13.6. The number of anilines is 1. The molecule has 1 saturated heterocycles. The summed E-state index contributed by atoms with van der Waals surface area (Å²) in [4.78, 5) is 42.7. The number of amides is 4. The molecule has 10 nitrogen and oxygen atoms in total. The Hall–Kier alpha value is -2.85. The van der Waals surface area contributed by atoms with Gasteiger partial charge >= 0.3 is 6.03 Å². The van der Waals surface area contributed by atoms with Gasteiger partial charge in [0.2, 0.25) is 5.91 Å². The molecule has 4 amide bonds. The molecule has 3 atom stereocenters. The number of ether oxygens (including phenoxy) is 3. The monoisotopic (exact) mass is 518 g/mol. The molecule has 2 aliphatic rings. The Morgan fingerprint density at radius 2 is 1.89 bits per heavy atom. The molecule has 0 unspecified atom stereocenters. The molecule has 0 aromatic heterocycles. The van der Waals surface area contributed by atoms with Crippen LogP contribution in [0.25, 0.3) is 0 Å². The zero-order valence-corrected chi connectivity index (χ0v) is 22.7. The number of benzene rings is 1. The van der Waals surface area contributed by atoms with Crippen molar-refractivity contribution in [2.45, 2.75) is 52.2 Å². The van der Waals surface area contributed by atoms with Gasteiger partial charge in [0.25, 0.3) is 5.91 Å². The lowest BCUT2D eigenvalue weighted by molar-refractivity contribution is -0.142. The normalized spacial score (nSPS) is 23.8. The first-order chi connectivity index (χ1) is 17.7. The summed E-state index contributed by atoms with van der Waals surface area (Å²) in [7, 11) is 3.37. The Labute approximate surface area is 220 Å². The Morgan fingerprint density at radius 1 is 1.16 bits per heavy atom. The molecule has 3 rings (SSSR count). The first-order valence-corrected chi connectivity index (χ1v) is 13.2. The molecule has 0 aliphatic carbocycles. The summed E-state index contributed by atoms with van der Waals surface area (Å²) in [6.45, 7) is 8.79. The second-order valence-corrected chi connectivity index (χ2v) is 10.1. The highest BCUT2D eigenvalue weighted by molar-refractivity contribution is 5.98. The predicted molar refractivity (Wildman–Crippen MR) is 141 cm³/mol. The van der Waals surface area contributed by atoms with E-state index in [2.05, 4.69) is 10.6 Å². The topological polar surface area (TPSA) is 109 Å². The molecule has 2 heterocycles. The van der Waals surface area contributed by atoms with Crippen LogP contribution in [0.5, 0.6) is 5.75 Å². The number of urea groups is 1. The third-order valence-electron chi connectivity index (χ3n) is 7.09. The van der Waals surface area contributed by atoms with Crippen LogP contribution in [0.1, 0.15) is 50.4 Å². The molecular formula is C27H42N4O6. The largest absolute Gasteiger partial charge is 0.491 e. The van der Waals surface area contributed by atoms with E-state index in [9.17, 15) is 14.4 Å². The van der Waals surface area contributed by atoms with Crippen molar-refractivity contribution in [1.29, 1.82) is 0 Å². The Morgan fingerprint density at radius 3 is 2.57 bits per heavy atom. The van der Waals surface area contributed by atoms with Crippen molar-refractivity contribution in [2.75, 3.05) is 58.9 Å². The van der Waals surface area contributed by atoms with Crippen LogP contribution >= 0.6 is 0 Å². The van der Waals surface area contributed by atoms with Crippen LogP contribution < -0.4 is 15.4 Å². The van der Waals surface area contributed by atoms with E-state index in [-0.39, 0.29) is 48.4 Å². The second-order valence-electron chi connectivity index (χ2n) is 10.1. The zero-order valence-electron chi connectivity index (χ0n) is 22.7. The maximum absolute atomic E-state index is 13.6. The average molecular weight is 519 g/mol. The lowest BCUT2D eigenvalue weighted by Gasteiger charge is -2.38. The minimum absolute atomic E-state index is 0.00130. The number of methoxy groups -OCH3 is 1. The summed E-state index contributed by atoms with van der Waals surface area (Å²) in [5.41, 5.74) is 0.903. The fourth-order valence-electron chi connectivity index (χ4n) is 4.75. The van der Waals surface area contributed by atoms with E-state index in [0.29, 0.717) is 62.7 Å². The van der Waals surface area contributed by atoms with Crippen molar-refractivity contribution in [3.8, 4) is 5.75 Å². The van der Waals surface area contributed by atoms with Crippen molar-refractivity contribution in [3.63, 3.8) is 0 Å². The van der Waals surface area contributed by atoms with E-state index in [1.54, 1.807) is 37.3 Å². The number of carbonyl (C=O) groups excluding carboxylic acids is 3. The van der Waals surface area contributed by atoms with Gasteiger partial charge in [-0.05, 0) is 38.3 Å². The fourth-order valence-corrected chi connectivity index (χ4v) is 4.75. The number of nitrogens with one attached hydrogen (secondary N) is 2. The number of fused-ring (bicyclic) bond motifs is 1. The minimum Gasteiger partial charge on any atom is -0.491 e. The van der Waals surface area contributed by atoms with E-state index < -0.39 is 0 Å². The van der Waals surface area contributed by atoms with Gasteiger partial charge in [0, 0.05) is 70.6 Å². The minimum atomic E-state index is -0.322. The van der Waals surface area contributed by atoms with Gasteiger partial charge in [0.15, 0.2) is 0 Å². The van der Waals surface area contributed by atoms with Crippen LogP contribution in [0.2, 0.25) is 0 Å². The first-order valence-electron chi connectivity index (χ1n) is 13.2. The highest BCUT2D eigenvalue weighted by atomic mass is 16.5. The zero-order chi connectivity index (χ0) is 26.9. The first kappa shape index (κ1) is 28.7. The number of likely N-dealkylation sites (N-methyl/N-ethyl adjacent to an activating group) is 1. The van der Waals surface area contributed by atoms with Crippen LogP contribution in [0.4, 0.5) is 10.5 Å². The summed E-state index contributed by atoms with van der Waals surface area (Å²) in [5.74, 6) is 0.184. The fraction of sp³-hybridized carbons (Fsp3) is 0.667. The standard InChI is InChI=1S/C27H42N4O6/c1-6-11-28-27(34)29-21-7-8-22-23(14-21)37-17-19(3)31(25(32)20-9-12-36-13-10-20)15-18(2)24(35-5)16-30(4)26(22)33/h7-8,14,18-20,24H,6,9-13,15-17H2,1-5H3,(H2,28,29,34)/t18-,19-,24-/m0/s1. The molecule has 1 fully saturated rings. The molecule has 0 radical (unpaired) electrons. The van der Waals surface area contributed by atoms with Crippen molar-refractivity contribution < 1.29 is 28.6 Å². The molecular weight excluding hydrogens is 476 g/mol. The SMILES string of the molecule is CCCNC(=O)Nc1ccc2c(c1)OC[C@H](C)N(C(=O)C1CCOCC1)C[C@H](C)[C@@H](OC)CN(C)C2=O. The van der Waals surface area contributed by atoms with Crippen LogP contribution in [0.15, 0.2) is 18.2 Å². The third kappa shape index (κ3) is 7.58. The van der Waals surface area contributed by atoms with Crippen LogP contribution in [0, 0.1) is 11.8 Å². The molecule has 2 N–H and O–H groups in total. The molecule has 1 aromatic carbocycles. The van der Waals surface area contributed by atoms with E-state index in [1.165, 1.54) is 0 Å². The predicted octanol–water partition coefficient (Wildman–Crippen LogP) is 2.98. The van der Waals surface area contributed by atoms with E-state index in [0.717, 1.165) is 6.42 Å². The molecule has 37 heavy (non-hydrogen) atoms. The Bertz CT molecular complexity index is 935. The lowest BCUT2D eigenvalue weighted by atomic mass is 9.95. The highest BCUT2D eigenvalue weighted by Gasteiger charge is 2.33. The van der Waals surface area contributed by atoms with Gasteiger partial charge in [0.1, 0.15) is 12.4 Å². The van der Waals surface area contributed by atoms with Gasteiger partial charge in [-0.1, -0.05) is 13.8 Å². The van der Waals surface area contributed by atoms with Gasteiger partial charge in [-0.3, -0.25) is 9.59 Å². The van der Waals surface area contributed by atoms with Crippen LogP contribution in [-0.2, 0) is 14.3 Å². The lowest BCUT2D eigenvalue weighted by Crippen LogP contribution is -2.50.